The van der Waals surface area contributed by atoms with Crippen LogP contribution in [-0.4, -0.2) is 47.3 Å². The molecule has 2 N–H and O–H groups in total. The number of benzene rings is 2. The average molecular weight is 488 g/mol. The van der Waals surface area contributed by atoms with E-state index in [1.165, 1.54) is 37.7 Å². The Morgan fingerprint density at radius 3 is 2.91 bits per heavy atom. The number of methoxy groups -OCH3 is 1. The van der Waals surface area contributed by atoms with E-state index in [1.54, 1.807) is 23.1 Å². The SMILES string of the molecule is COc1cc2ncnc(Nc3ccc(F)c(Cl)c3)c2cc1NC(=O)/C=C/CN1CCCCC1F. The first kappa shape index (κ1) is 23.8. The Bertz CT molecular complexity index is 1220. The number of ether oxygens (including phenoxy) is 1. The van der Waals surface area contributed by atoms with Gasteiger partial charge < -0.3 is 15.4 Å². The summed E-state index contributed by atoms with van der Waals surface area (Å²) >= 11 is 5.88. The summed E-state index contributed by atoms with van der Waals surface area (Å²) in [7, 11) is 1.49. The summed E-state index contributed by atoms with van der Waals surface area (Å²) in [5, 5.41) is 6.48. The van der Waals surface area contributed by atoms with Crippen molar-refractivity contribution in [2.24, 2.45) is 0 Å². The zero-order valence-electron chi connectivity index (χ0n) is 18.5. The predicted octanol–water partition coefficient (Wildman–Crippen LogP) is 5.45. The Morgan fingerprint density at radius 2 is 2.15 bits per heavy atom. The van der Waals surface area contributed by atoms with Crippen LogP contribution in [0.5, 0.6) is 5.75 Å². The van der Waals surface area contributed by atoms with Gasteiger partial charge in [-0.2, -0.15) is 0 Å². The summed E-state index contributed by atoms with van der Waals surface area (Å²) in [6, 6.07) is 7.61. The summed E-state index contributed by atoms with van der Waals surface area (Å²) in [6.07, 6.45) is 5.81. The lowest BCUT2D eigenvalue weighted by atomic mass is 10.1. The van der Waals surface area contributed by atoms with Crippen molar-refractivity contribution < 1.29 is 18.3 Å². The molecule has 0 bridgehead atoms. The number of hydrogen-bond acceptors (Lipinski definition) is 6. The van der Waals surface area contributed by atoms with Crippen LogP contribution < -0.4 is 15.4 Å². The van der Waals surface area contributed by atoms with E-state index in [1.807, 2.05) is 0 Å². The zero-order valence-corrected chi connectivity index (χ0v) is 19.3. The van der Waals surface area contributed by atoms with Gasteiger partial charge in [0, 0.05) is 36.3 Å². The van der Waals surface area contributed by atoms with E-state index in [2.05, 4.69) is 20.6 Å². The molecule has 1 aromatic heterocycles. The van der Waals surface area contributed by atoms with E-state index < -0.39 is 12.1 Å². The largest absolute Gasteiger partial charge is 0.494 e. The molecule has 178 valence electrons. The Kier molecular flexibility index (Phi) is 7.54. The van der Waals surface area contributed by atoms with Crippen molar-refractivity contribution >= 4 is 45.6 Å². The van der Waals surface area contributed by atoms with E-state index in [4.69, 9.17) is 16.3 Å². The van der Waals surface area contributed by atoms with Crippen molar-refractivity contribution in [2.75, 3.05) is 30.8 Å². The number of hydrogen-bond donors (Lipinski definition) is 2. The lowest BCUT2D eigenvalue weighted by Crippen LogP contribution is -2.36. The maximum Gasteiger partial charge on any atom is 0.248 e. The van der Waals surface area contributed by atoms with Gasteiger partial charge in [0.1, 0.15) is 23.7 Å². The number of alkyl halides is 1. The maximum absolute atomic E-state index is 13.9. The minimum atomic E-state index is -0.969. The van der Waals surface area contributed by atoms with Gasteiger partial charge in [0.15, 0.2) is 6.30 Å². The van der Waals surface area contributed by atoms with Gasteiger partial charge >= 0.3 is 0 Å². The monoisotopic (exact) mass is 487 g/mol. The summed E-state index contributed by atoms with van der Waals surface area (Å²) in [6.45, 7) is 1.05. The Balaban J connectivity index is 1.54. The van der Waals surface area contributed by atoms with E-state index >= 15 is 0 Å². The predicted molar refractivity (Wildman–Crippen MR) is 129 cm³/mol. The van der Waals surface area contributed by atoms with Crippen molar-refractivity contribution in [3.8, 4) is 5.75 Å². The molecule has 7 nitrogen and oxygen atoms in total. The molecule has 1 atom stereocenters. The third-order valence-electron chi connectivity index (χ3n) is 5.54. The Hall–Kier alpha value is -3.30. The number of rotatable bonds is 7. The van der Waals surface area contributed by atoms with Crippen molar-refractivity contribution in [3.63, 3.8) is 0 Å². The van der Waals surface area contributed by atoms with Crippen LogP contribution >= 0.6 is 11.6 Å². The Morgan fingerprint density at radius 1 is 1.29 bits per heavy atom. The molecule has 0 saturated carbocycles. The molecule has 0 spiro atoms. The topological polar surface area (TPSA) is 79.4 Å². The number of piperidine rings is 1. The molecule has 1 aliphatic heterocycles. The number of carbonyl (C=O) groups excluding carboxylic acids is 1. The standard InChI is InChI=1S/C24H24ClF2N5O2/c1-34-21-13-19-16(24(29-14-28-19)30-15-7-8-18(26)17(25)11-15)12-20(21)31-23(33)6-4-10-32-9-3-2-5-22(32)27/h4,6-8,11-14,22H,2-3,5,9-10H2,1H3,(H,31,33)(H,28,29,30)/b6-4+. The molecular weight excluding hydrogens is 464 g/mol. The second-order valence-corrected chi connectivity index (χ2v) is 8.27. The molecule has 1 aliphatic rings. The third-order valence-corrected chi connectivity index (χ3v) is 5.83. The van der Waals surface area contributed by atoms with Crippen LogP contribution in [0.25, 0.3) is 10.9 Å². The molecule has 1 fully saturated rings. The molecule has 1 amide bonds. The third kappa shape index (κ3) is 5.60. The number of carbonyl (C=O) groups is 1. The normalized spacial score (nSPS) is 16.6. The second kappa shape index (κ2) is 10.8. The van der Waals surface area contributed by atoms with Gasteiger partial charge in [0.2, 0.25) is 5.91 Å². The number of nitrogens with zero attached hydrogens (tertiary/aromatic N) is 3. The van der Waals surface area contributed by atoms with Crippen molar-refractivity contribution in [3.05, 3.63) is 59.7 Å². The summed E-state index contributed by atoms with van der Waals surface area (Å²) in [4.78, 5) is 22.8. The molecule has 34 heavy (non-hydrogen) atoms. The van der Waals surface area contributed by atoms with Gasteiger partial charge in [-0.15, -0.1) is 0 Å². The molecule has 4 rings (SSSR count). The number of anilines is 3. The summed E-state index contributed by atoms with van der Waals surface area (Å²) in [5.41, 5.74) is 1.54. The van der Waals surface area contributed by atoms with Crippen molar-refractivity contribution in [2.45, 2.75) is 25.6 Å². The van der Waals surface area contributed by atoms with E-state index in [0.717, 1.165) is 12.8 Å². The highest BCUT2D eigenvalue weighted by molar-refractivity contribution is 6.31. The van der Waals surface area contributed by atoms with E-state index in [9.17, 15) is 13.6 Å². The highest BCUT2D eigenvalue weighted by Crippen LogP contribution is 2.33. The van der Waals surface area contributed by atoms with Crippen molar-refractivity contribution in [1.82, 2.24) is 14.9 Å². The number of halogens is 3. The summed E-state index contributed by atoms with van der Waals surface area (Å²) < 4.78 is 32.8. The van der Waals surface area contributed by atoms with Gasteiger partial charge in [-0.25, -0.2) is 18.7 Å². The highest BCUT2D eigenvalue weighted by atomic mass is 35.5. The minimum absolute atomic E-state index is 0.0200. The number of nitrogens with one attached hydrogen (secondary N) is 2. The number of amides is 1. The lowest BCUT2D eigenvalue weighted by Gasteiger charge is -2.29. The Labute approximate surface area is 200 Å². The molecule has 2 heterocycles. The quantitative estimate of drug-likeness (QED) is 0.341. The summed E-state index contributed by atoms with van der Waals surface area (Å²) in [5.74, 6) is -0.0318. The first-order valence-electron chi connectivity index (χ1n) is 10.8. The highest BCUT2D eigenvalue weighted by Gasteiger charge is 2.20. The van der Waals surface area contributed by atoms with Crippen LogP contribution in [0, 0.1) is 5.82 Å². The fourth-order valence-corrected chi connectivity index (χ4v) is 3.97. The molecule has 3 aromatic rings. The number of fused-ring (bicyclic) bond motifs is 1. The van der Waals surface area contributed by atoms with Gasteiger partial charge in [-0.3, -0.25) is 9.69 Å². The van der Waals surface area contributed by atoms with Crippen LogP contribution in [0.4, 0.5) is 26.0 Å². The van der Waals surface area contributed by atoms with Crippen LogP contribution in [-0.2, 0) is 4.79 Å². The second-order valence-electron chi connectivity index (χ2n) is 7.86. The van der Waals surface area contributed by atoms with E-state index in [-0.39, 0.29) is 10.9 Å². The molecule has 10 heteroatoms. The van der Waals surface area contributed by atoms with Gasteiger partial charge in [0.25, 0.3) is 0 Å². The number of aromatic nitrogens is 2. The average Bonchev–Trinajstić information content (AvgIpc) is 2.82. The van der Waals surface area contributed by atoms with Crippen molar-refractivity contribution in [1.29, 1.82) is 0 Å². The van der Waals surface area contributed by atoms with Crippen LogP contribution in [0.3, 0.4) is 0 Å². The van der Waals surface area contributed by atoms with Gasteiger partial charge in [-0.1, -0.05) is 17.7 Å². The first-order valence-corrected chi connectivity index (χ1v) is 11.2. The lowest BCUT2D eigenvalue weighted by molar-refractivity contribution is -0.112. The zero-order chi connectivity index (χ0) is 24.1. The number of likely N-dealkylation sites (tertiary alicyclic amines) is 1. The molecule has 1 saturated heterocycles. The minimum Gasteiger partial charge on any atom is -0.494 e. The fraction of sp³-hybridized carbons (Fsp3) is 0.292. The molecule has 0 radical (unpaired) electrons. The first-order chi connectivity index (χ1) is 16.4. The molecular formula is C24H24ClF2N5O2. The maximum atomic E-state index is 13.9. The van der Waals surface area contributed by atoms with Crippen LogP contribution in [0.15, 0.2) is 48.8 Å². The molecule has 1 unspecified atom stereocenters. The van der Waals surface area contributed by atoms with E-state index in [0.29, 0.717) is 53.4 Å². The van der Waals surface area contributed by atoms with Crippen LogP contribution in [0.2, 0.25) is 5.02 Å². The van der Waals surface area contributed by atoms with Gasteiger partial charge in [0.05, 0.1) is 23.3 Å². The molecule has 0 aliphatic carbocycles. The smallest absolute Gasteiger partial charge is 0.248 e. The fourth-order valence-electron chi connectivity index (χ4n) is 3.79. The molecule has 2 aromatic carbocycles. The van der Waals surface area contributed by atoms with Gasteiger partial charge in [-0.05, 0) is 43.5 Å². The van der Waals surface area contributed by atoms with Crippen LogP contribution in [0.1, 0.15) is 19.3 Å².